The van der Waals surface area contributed by atoms with Crippen molar-refractivity contribution in [3.8, 4) is 0 Å². The molecule has 1 aliphatic heterocycles. The number of halogens is 2. The van der Waals surface area contributed by atoms with Crippen LogP contribution in [0.15, 0.2) is 65.1 Å². The van der Waals surface area contributed by atoms with Gasteiger partial charge in [0.25, 0.3) is 5.91 Å². The second-order valence-electron chi connectivity index (χ2n) is 7.02. The molecule has 1 aliphatic rings. The summed E-state index contributed by atoms with van der Waals surface area (Å²) >= 11 is 7.29. The van der Waals surface area contributed by atoms with Gasteiger partial charge in [0.1, 0.15) is 5.82 Å². The highest BCUT2D eigenvalue weighted by Crippen LogP contribution is 2.36. The van der Waals surface area contributed by atoms with Crippen molar-refractivity contribution in [1.82, 2.24) is 5.01 Å². The van der Waals surface area contributed by atoms with Crippen LogP contribution in [0.3, 0.4) is 0 Å². The molecule has 6 nitrogen and oxygen atoms in total. The molecule has 2 heterocycles. The molecular formula is C21H17ClFN3O3S2. The maximum atomic E-state index is 13.7. The van der Waals surface area contributed by atoms with Gasteiger partial charge in [0, 0.05) is 12.1 Å². The van der Waals surface area contributed by atoms with E-state index >= 15 is 0 Å². The van der Waals surface area contributed by atoms with Gasteiger partial charge in [-0.25, -0.2) is 17.8 Å². The summed E-state index contributed by atoms with van der Waals surface area (Å²) in [4.78, 5) is 13.6. The SMILES string of the molecule is CS(=O)(=O)Nc1ccc(C2=NN(C(=O)c3cccs3)[C@H](c3ccc(F)c(Cl)c3)C2)cc1. The molecule has 1 N–H and O–H groups in total. The van der Waals surface area contributed by atoms with Gasteiger partial charge < -0.3 is 0 Å². The van der Waals surface area contributed by atoms with E-state index in [0.29, 0.717) is 28.3 Å². The Balaban J connectivity index is 1.68. The van der Waals surface area contributed by atoms with E-state index in [1.54, 1.807) is 42.5 Å². The lowest BCUT2D eigenvalue weighted by atomic mass is 9.98. The van der Waals surface area contributed by atoms with Gasteiger partial charge in [0.05, 0.1) is 27.9 Å². The molecular weight excluding hydrogens is 461 g/mol. The zero-order valence-electron chi connectivity index (χ0n) is 16.2. The van der Waals surface area contributed by atoms with Crippen molar-refractivity contribution < 1.29 is 17.6 Å². The van der Waals surface area contributed by atoms with Crippen LogP contribution in [0.1, 0.15) is 33.3 Å². The van der Waals surface area contributed by atoms with E-state index in [9.17, 15) is 17.6 Å². The molecule has 1 aromatic heterocycles. The van der Waals surface area contributed by atoms with Crippen LogP contribution in [0.2, 0.25) is 5.02 Å². The van der Waals surface area contributed by atoms with E-state index in [1.807, 2.05) is 5.38 Å². The number of carbonyl (C=O) groups is 1. The summed E-state index contributed by atoms with van der Waals surface area (Å²) in [5.74, 6) is -0.791. The highest BCUT2D eigenvalue weighted by molar-refractivity contribution is 7.92. The number of nitrogens with zero attached hydrogens (tertiary/aromatic N) is 2. The largest absolute Gasteiger partial charge is 0.284 e. The molecule has 0 spiro atoms. The fourth-order valence-corrected chi connectivity index (χ4v) is 4.72. The van der Waals surface area contributed by atoms with Crippen molar-refractivity contribution in [2.75, 3.05) is 11.0 Å². The number of sulfonamides is 1. The number of rotatable bonds is 5. The molecule has 160 valence electrons. The second-order valence-corrected chi connectivity index (χ2v) is 10.1. The van der Waals surface area contributed by atoms with Gasteiger partial charge in [-0.1, -0.05) is 35.9 Å². The molecule has 3 aromatic rings. The first-order chi connectivity index (χ1) is 14.7. The average molecular weight is 478 g/mol. The van der Waals surface area contributed by atoms with Gasteiger partial charge in [-0.2, -0.15) is 5.10 Å². The Labute approximate surface area is 188 Å². The quantitative estimate of drug-likeness (QED) is 0.567. The maximum Gasteiger partial charge on any atom is 0.284 e. The first-order valence-electron chi connectivity index (χ1n) is 9.19. The van der Waals surface area contributed by atoms with E-state index < -0.39 is 21.9 Å². The smallest absolute Gasteiger partial charge is 0.284 e. The van der Waals surface area contributed by atoms with E-state index in [0.717, 1.165) is 11.8 Å². The summed E-state index contributed by atoms with van der Waals surface area (Å²) in [7, 11) is -3.38. The van der Waals surface area contributed by atoms with Crippen LogP contribution in [0.4, 0.5) is 10.1 Å². The van der Waals surface area contributed by atoms with Crippen LogP contribution in [-0.2, 0) is 10.0 Å². The molecule has 0 saturated heterocycles. The lowest BCUT2D eigenvalue weighted by Gasteiger charge is -2.21. The standard InChI is InChI=1S/C21H17ClFN3O3S2/c1-31(28,29)25-15-7-4-13(5-8-15)18-12-19(14-6-9-17(23)16(22)11-14)26(24-18)21(27)20-3-2-10-30-20/h2-11,19,25H,12H2,1H3/t19-/m0/s1. The minimum absolute atomic E-state index is 0.0225. The molecule has 0 bridgehead atoms. The molecule has 4 rings (SSSR count). The monoisotopic (exact) mass is 477 g/mol. The Morgan fingerprint density at radius 1 is 1.23 bits per heavy atom. The van der Waals surface area contributed by atoms with Gasteiger partial charge >= 0.3 is 0 Å². The number of thiophene rings is 1. The highest BCUT2D eigenvalue weighted by atomic mass is 35.5. The Morgan fingerprint density at radius 3 is 2.58 bits per heavy atom. The van der Waals surface area contributed by atoms with Crippen molar-refractivity contribution in [2.24, 2.45) is 5.10 Å². The summed E-state index contributed by atoms with van der Waals surface area (Å²) in [5.41, 5.74) is 2.50. The number of benzene rings is 2. The summed E-state index contributed by atoms with van der Waals surface area (Å²) in [6.45, 7) is 0. The van der Waals surface area contributed by atoms with Crippen molar-refractivity contribution in [3.63, 3.8) is 0 Å². The topological polar surface area (TPSA) is 78.8 Å². The van der Waals surface area contributed by atoms with Gasteiger partial charge in [-0.3, -0.25) is 9.52 Å². The summed E-state index contributed by atoms with van der Waals surface area (Å²) in [6, 6.07) is 14.2. The fraction of sp³-hybridized carbons (Fsp3) is 0.143. The minimum atomic E-state index is -3.38. The predicted octanol–water partition coefficient (Wildman–Crippen LogP) is 4.90. The van der Waals surface area contributed by atoms with E-state index in [1.165, 1.54) is 28.5 Å². The molecule has 31 heavy (non-hydrogen) atoms. The van der Waals surface area contributed by atoms with Crippen LogP contribution in [-0.4, -0.2) is 31.3 Å². The molecule has 1 amide bonds. The van der Waals surface area contributed by atoms with Gasteiger partial charge in [-0.15, -0.1) is 11.3 Å². The van der Waals surface area contributed by atoms with Crippen LogP contribution < -0.4 is 4.72 Å². The molecule has 0 aliphatic carbocycles. The van der Waals surface area contributed by atoms with Crippen molar-refractivity contribution >= 4 is 50.3 Å². The number of hydrogen-bond acceptors (Lipinski definition) is 5. The number of anilines is 1. The van der Waals surface area contributed by atoms with E-state index in [4.69, 9.17) is 11.6 Å². The molecule has 2 aromatic carbocycles. The zero-order chi connectivity index (χ0) is 22.2. The third kappa shape index (κ3) is 4.79. The van der Waals surface area contributed by atoms with Gasteiger partial charge in [0.15, 0.2) is 0 Å². The fourth-order valence-electron chi connectivity index (χ4n) is 3.31. The third-order valence-corrected chi connectivity index (χ3v) is 6.45. The highest BCUT2D eigenvalue weighted by Gasteiger charge is 2.34. The number of nitrogens with one attached hydrogen (secondary N) is 1. The zero-order valence-corrected chi connectivity index (χ0v) is 18.6. The third-order valence-electron chi connectivity index (χ3n) is 4.70. The number of amides is 1. The molecule has 0 fully saturated rings. The van der Waals surface area contributed by atoms with Crippen LogP contribution >= 0.6 is 22.9 Å². The first kappa shape index (κ1) is 21.5. The lowest BCUT2D eigenvalue weighted by Crippen LogP contribution is -2.26. The Kier molecular flexibility index (Phi) is 5.83. The van der Waals surface area contributed by atoms with Crippen molar-refractivity contribution in [3.05, 3.63) is 86.8 Å². The van der Waals surface area contributed by atoms with Crippen molar-refractivity contribution in [2.45, 2.75) is 12.5 Å². The molecule has 0 radical (unpaired) electrons. The Bertz CT molecular complexity index is 1260. The summed E-state index contributed by atoms with van der Waals surface area (Å²) < 4.78 is 38.9. The average Bonchev–Trinajstić information content (AvgIpc) is 3.39. The van der Waals surface area contributed by atoms with Crippen molar-refractivity contribution in [1.29, 1.82) is 0 Å². The molecule has 10 heteroatoms. The molecule has 1 atom stereocenters. The van der Waals surface area contributed by atoms with E-state index in [-0.39, 0.29) is 10.9 Å². The maximum absolute atomic E-state index is 13.7. The van der Waals surface area contributed by atoms with Crippen LogP contribution in [0.5, 0.6) is 0 Å². The predicted molar refractivity (Wildman–Crippen MR) is 121 cm³/mol. The van der Waals surface area contributed by atoms with Gasteiger partial charge in [0.2, 0.25) is 10.0 Å². The summed E-state index contributed by atoms with van der Waals surface area (Å²) in [6.07, 6.45) is 1.48. The lowest BCUT2D eigenvalue weighted by molar-refractivity contribution is 0.0716. The Morgan fingerprint density at radius 2 is 1.97 bits per heavy atom. The van der Waals surface area contributed by atoms with Crippen LogP contribution in [0, 0.1) is 5.82 Å². The molecule has 0 saturated carbocycles. The van der Waals surface area contributed by atoms with E-state index in [2.05, 4.69) is 9.82 Å². The number of hydrogen-bond donors (Lipinski definition) is 1. The number of hydrazone groups is 1. The number of carbonyl (C=O) groups excluding carboxylic acids is 1. The van der Waals surface area contributed by atoms with Gasteiger partial charge in [-0.05, 0) is 46.8 Å². The normalized spacial score (nSPS) is 16.3. The Hall–Kier alpha value is -2.75. The summed E-state index contributed by atoms with van der Waals surface area (Å²) in [5, 5.41) is 7.74. The minimum Gasteiger partial charge on any atom is -0.284 e. The van der Waals surface area contributed by atoms with Crippen LogP contribution in [0.25, 0.3) is 0 Å². The molecule has 0 unspecified atom stereocenters. The second kappa shape index (κ2) is 8.41. The first-order valence-corrected chi connectivity index (χ1v) is 12.3.